The smallest absolute Gasteiger partial charge is 0.326 e. The number of aliphatic hydroxyl groups excluding tert-OH is 1. The van der Waals surface area contributed by atoms with Crippen LogP contribution in [0.1, 0.15) is 18.4 Å². The van der Waals surface area contributed by atoms with E-state index in [2.05, 4.69) is 5.32 Å². The largest absolute Gasteiger partial charge is 0.493 e. The topological polar surface area (TPSA) is 95.9 Å². The van der Waals surface area contributed by atoms with E-state index in [9.17, 15) is 9.59 Å². The summed E-state index contributed by atoms with van der Waals surface area (Å²) in [4.78, 5) is 22.4. The van der Waals surface area contributed by atoms with Gasteiger partial charge in [-0.25, -0.2) is 4.79 Å². The van der Waals surface area contributed by atoms with Crippen LogP contribution >= 0.6 is 0 Å². The predicted molar refractivity (Wildman–Crippen MR) is 72.6 cm³/mol. The monoisotopic (exact) mass is 281 g/mol. The second-order valence-electron chi connectivity index (χ2n) is 4.39. The van der Waals surface area contributed by atoms with E-state index in [1.54, 1.807) is 6.07 Å². The summed E-state index contributed by atoms with van der Waals surface area (Å²) in [5.41, 5.74) is 1.06. The van der Waals surface area contributed by atoms with Crippen LogP contribution in [0.3, 0.4) is 0 Å². The molecule has 20 heavy (non-hydrogen) atoms. The molecule has 3 N–H and O–H groups in total. The highest BCUT2D eigenvalue weighted by molar-refractivity contribution is 5.83. The van der Waals surface area contributed by atoms with Crippen LogP contribution < -0.4 is 10.1 Å². The van der Waals surface area contributed by atoms with Crippen molar-refractivity contribution < 1.29 is 24.5 Å². The fourth-order valence-electron chi connectivity index (χ4n) is 1.62. The molecule has 0 saturated carbocycles. The van der Waals surface area contributed by atoms with Crippen molar-refractivity contribution in [1.82, 2.24) is 5.32 Å². The van der Waals surface area contributed by atoms with Crippen LogP contribution in [0.4, 0.5) is 0 Å². The second-order valence-corrected chi connectivity index (χ2v) is 4.39. The summed E-state index contributed by atoms with van der Waals surface area (Å²) in [6.45, 7) is 1.81. The van der Waals surface area contributed by atoms with Crippen molar-refractivity contribution in [3.63, 3.8) is 0 Å². The van der Waals surface area contributed by atoms with Crippen molar-refractivity contribution in [2.45, 2.75) is 25.8 Å². The second kappa shape index (κ2) is 8.16. The van der Waals surface area contributed by atoms with Crippen molar-refractivity contribution >= 4 is 11.9 Å². The van der Waals surface area contributed by atoms with E-state index in [-0.39, 0.29) is 26.1 Å². The number of amides is 1. The Morgan fingerprint density at radius 1 is 1.40 bits per heavy atom. The number of hydrogen-bond donors (Lipinski definition) is 3. The minimum atomic E-state index is -1.16. The Hall–Kier alpha value is -2.08. The fraction of sp³-hybridized carbons (Fsp3) is 0.429. The van der Waals surface area contributed by atoms with Crippen LogP contribution in [-0.4, -0.2) is 41.3 Å². The molecule has 0 aliphatic carbocycles. The highest BCUT2D eigenvalue weighted by atomic mass is 16.5. The summed E-state index contributed by atoms with van der Waals surface area (Å²) in [7, 11) is 0. The lowest BCUT2D eigenvalue weighted by atomic mass is 10.2. The summed E-state index contributed by atoms with van der Waals surface area (Å²) < 4.78 is 5.40. The standard InChI is InChI=1S/C14H19NO5/c1-10-3-2-4-11(9-10)20-8-6-13(17)15-12(5-7-16)14(18)19/h2-4,9,12,16H,5-8H2,1H3,(H,15,17)(H,18,19)/t12-/m0/s1. The number of aliphatic hydroxyl groups is 1. The summed E-state index contributed by atoms with van der Waals surface area (Å²) in [6.07, 6.45) is 0.0446. The first-order chi connectivity index (χ1) is 9.52. The number of carboxylic acids is 1. The molecule has 6 nitrogen and oxygen atoms in total. The Balaban J connectivity index is 2.34. The molecule has 1 aromatic rings. The molecule has 1 aromatic carbocycles. The van der Waals surface area contributed by atoms with Crippen molar-refractivity contribution in [2.24, 2.45) is 0 Å². The summed E-state index contributed by atoms with van der Waals surface area (Å²) >= 11 is 0. The van der Waals surface area contributed by atoms with Gasteiger partial charge >= 0.3 is 5.97 Å². The molecular weight excluding hydrogens is 262 g/mol. The number of aryl methyl sites for hydroxylation is 1. The van der Waals surface area contributed by atoms with Crippen LogP contribution in [0.5, 0.6) is 5.75 Å². The van der Waals surface area contributed by atoms with Gasteiger partial charge in [-0.1, -0.05) is 12.1 Å². The van der Waals surface area contributed by atoms with Crippen molar-refractivity contribution in [2.75, 3.05) is 13.2 Å². The summed E-state index contributed by atoms with van der Waals surface area (Å²) in [6, 6.07) is 6.37. The average Bonchev–Trinajstić information content (AvgIpc) is 2.38. The molecule has 1 rings (SSSR count). The first kappa shape index (κ1) is 16.0. The third-order valence-electron chi connectivity index (χ3n) is 2.64. The maximum Gasteiger partial charge on any atom is 0.326 e. The molecule has 1 atom stereocenters. The van der Waals surface area contributed by atoms with Crippen LogP contribution in [0.2, 0.25) is 0 Å². The number of hydrogen-bond acceptors (Lipinski definition) is 4. The first-order valence-electron chi connectivity index (χ1n) is 6.35. The third-order valence-corrected chi connectivity index (χ3v) is 2.64. The van der Waals surface area contributed by atoms with Crippen LogP contribution in [-0.2, 0) is 9.59 Å². The highest BCUT2D eigenvalue weighted by Gasteiger charge is 2.18. The van der Waals surface area contributed by atoms with E-state index in [4.69, 9.17) is 14.9 Å². The molecule has 1 amide bonds. The summed E-state index contributed by atoms with van der Waals surface area (Å²) in [5.74, 6) is -0.909. The zero-order valence-electron chi connectivity index (χ0n) is 11.3. The Labute approximate surface area is 117 Å². The van der Waals surface area contributed by atoms with E-state index in [1.165, 1.54) is 0 Å². The van der Waals surface area contributed by atoms with E-state index in [0.29, 0.717) is 5.75 Å². The quantitative estimate of drug-likeness (QED) is 0.652. The molecule has 0 aliphatic heterocycles. The van der Waals surface area contributed by atoms with Crippen LogP contribution in [0, 0.1) is 6.92 Å². The van der Waals surface area contributed by atoms with Crippen molar-refractivity contribution in [1.29, 1.82) is 0 Å². The number of carbonyl (C=O) groups is 2. The zero-order chi connectivity index (χ0) is 15.0. The molecule has 0 heterocycles. The van der Waals surface area contributed by atoms with Gasteiger partial charge in [0.25, 0.3) is 0 Å². The number of carbonyl (C=O) groups excluding carboxylic acids is 1. The lowest BCUT2D eigenvalue weighted by Crippen LogP contribution is -2.41. The molecule has 0 bridgehead atoms. The molecule has 0 unspecified atom stereocenters. The normalized spacial score (nSPS) is 11.7. The molecule has 0 fully saturated rings. The zero-order valence-corrected chi connectivity index (χ0v) is 11.3. The predicted octanol–water partition coefficient (Wildman–Crippen LogP) is 0.716. The van der Waals surface area contributed by atoms with Gasteiger partial charge in [-0.3, -0.25) is 4.79 Å². The lowest BCUT2D eigenvalue weighted by molar-refractivity contribution is -0.142. The van der Waals surface area contributed by atoms with E-state index < -0.39 is 17.9 Å². The number of benzene rings is 1. The fourth-order valence-corrected chi connectivity index (χ4v) is 1.62. The Kier molecular flexibility index (Phi) is 6.52. The maximum absolute atomic E-state index is 11.6. The minimum Gasteiger partial charge on any atom is -0.493 e. The molecule has 110 valence electrons. The van der Waals surface area contributed by atoms with Gasteiger partial charge in [0.1, 0.15) is 11.8 Å². The van der Waals surface area contributed by atoms with E-state index >= 15 is 0 Å². The lowest BCUT2D eigenvalue weighted by Gasteiger charge is -2.13. The molecule has 6 heteroatoms. The Morgan fingerprint density at radius 2 is 2.15 bits per heavy atom. The Morgan fingerprint density at radius 3 is 2.75 bits per heavy atom. The molecule has 0 aliphatic rings. The van der Waals surface area contributed by atoms with Crippen LogP contribution in [0.25, 0.3) is 0 Å². The van der Waals surface area contributed by atoms with Gasteiger partial charge in [0.05, 0.1) is 13.0 Å². The van der Waals surface area contributed by atoms with Gasteiger partial charge in [-0.05, 0) is 24.6 Å². The first-order valence-corrected chi connectivity index (χ1v) is 6.35. The average molecular weight is 281 g/mol. The number of nitrogens with one attached hydrogen (secondary N) is 1. The van der Waals surface area contributed by atoms with Crippen molar-refractivity contribution in [3.05, 3.63) is 29.8 Å². The van der Waals surface area contributed by atoms with Gasteiger partial charge in [0.15, 0.2) is 0 Å². The number of carboxylic acid groups (broad SMARTS) is 1. The molecule has 0 radical (unpaired) electrons. The van der Waals surface area contributed by atoms with E-state index in [0.717, 1.165) is 5.56 Å². The highest BCUT2D eigenvalue weighted by Crippen LogP contribution is 2.12. The third kappa shape index (κ3) is 5.71. The van der Waals surface area contributed by atoms with Gasteiger partial charge in [-0.2, -0.15) is 0 Å². The van der Waals surface area contributed by atoms with Gasteiger partial charge in [0, 0.05) is 13.0 Å². The molecule has 0 saturated heterocycles. The number of aliphatic carboxylic acids is 1. The van der Waals surface area contributed by atoms with Gasteiger partial charge in [-0.15, -0.1) is 0 Å². The van der Waals surface area contributed by atoms with Crippen LogP contribution in [0.15, 0.2) is 24.3 Å². The number of ether oxygens (including phenoxy) is 1. The summed E-state index contributed by atoms with van der Waals surface area (Å²) in [5, 5.41) is 19.9. The maximum atomic E-state index is 11.6. The molecule has 0 aromatic heterocycles. The SMILES string of the molecule is Cc1cccc(OCCC(=O)N[C@@H](CCO)C(=O)O)c1. The van der Waals surface area contributed by atoms with Crippen molar-refractivity contribution in [3.8, 4) is 5.75 Å². The van der Waals surface area contributed by atoms with Gasteiger partial charge < -0.3 is 20.3 Å². The Bertz CT molecular complexity index is 461. The van der Waals surface area contributed by atoms with E-state index in [1.807, 2.05) is 25.1 Å². The number of rotatable bonds is 8. The molecular formula is C14H19NO5. The minimum absolute atomic E-state index is 0.0141. The molecule has 0 spiro atoms. The van der Waals surface area contributed by atoms with Gasteiger partial charge in [0.2, 0.25) is 5.91 Å².